The van der Waals surface area contributed by atoms with E-state index < -0.39 is 12.8 Å². The second kappa shape index (κ2) is 10.5. The Bertz CT molecular complexity index is 813. The zero-order valence-electron chi connectivity index (χ0n) is 16.2. The van der Waals surface area contributed by atoms with Gasteiger partial charge in [-0.3, -0.25) is 4.79 Å². The van der Waals surface area contributed by atoms with Crippen molar-refractivity contribution in [3.63, 3.8) is 0 Å². The maximum atomic E-state index is 12.3. The standard InChI is InChI=1S/C20H23F3N2O4/c1-27-17-12-14(6-8-16(17)29-13-20(21,22)23)7-9-18(26)24-11-10-15-4-3-5-19(25-15)28-2/h3-6,8,12H,7,9-11,13H2,1-2H3,(H,24,26). The number of benzene rings is 1. The zero-order chi connectivity index (χ0) is 21.3. The number of alkyl halides is 3. The summed E-state index contributed by atoms with van der Waals surface area (Å²) in [5.41, 5.74) is 1.56. The summed E-state index contributed by atoms with van der Waals surface area (Å²) in [5, 5.41) is 2.82. The van der Waals surface area contributed by atoms with Gasteiger partial charge in [-0.25, -0.2) is 4.98 Å². The van der Waals surface area contributed by atoms with Crippen LogP contribution in [0.1, 0.15) is 17.7 Å². The highest BCUT2D eigenvalue weighted by atomic mass is 19.4. The number of ether oxygens (including phenoxy) is 3. The Morgan fingerprint density at radius 2 is 1.86 bits per heavy atom. The van der Waals surface area contributed by atoms with Crippen molar-refractivity contribution in [1.82, 2.24) is 10.3 Å². The number of carbonyl (C=O) groups is 1. The maximum Gasteiger partial charge on any atom is 0.422 e. The molecule has 158 valence electrons. The van der Waals surface area contributed by atoms with E-state index in [2.05, 4.69) is 10.3 Å². The predicted octanol–water partition coefficient (Wildman–Crippen LogP) is 3.33. The molecule has 0 fully saturated rings. The summed E-state index contributed by atoms with van der Waals surface area (Å²) in [7, 11) is 2.89. The van der Waals surface area contributed by atoms with Gasteiger partial charge in [0.15, 0.2) is 18.1 Å². The van der Waals surface area contributed by atoms with E-state index in [-0.39, 0.29) is 23.8 Å². The highest BCUT2D eigenvalue weighted by molar-refractivity contribution is 5.76. The second-order valence-corrected chi connectivity index (χ2v) is 6.16. The van der Waals surface area contributed by atoms with Gasteiger partial charge in [-0.2, -0.15) is 13.2 Å². The number of aryl methyl sites for hydroxylation is 1. The molecule has 1 N–H and O–H groups in total. The molecule has 1 aromatic heterocycles. The molecule has 9 heteroatoms. The van der Waals surface area contributed by atoms with Crippen LogP contribution in [-0.4, -0.2) is 44.4 Å². The molecule has 2 rings (SSSR count). The lowest BCUT2D eigenvalue weighted by molar-refractivity contribution is -0.153. The smallest absolute Gasteiger partial charge is 0.422 e. The van der Waals surface area contributed by atoms with Gasteiger partial charge in [0.2, 0.25) is 11.8 Å². The Labute approximate surface area is 167 Å². The van der Waals surface area contributed by atoms with Gasteiger partial charge in [-0.05, 0) is 30.2 Å². The molecular weight excluding hydrogens is 389 g/mol. The van der Waals surface area contributed by atoms with Crippen LogP contribution in [0.25, 0.3) is 0 Å². The van der Waals surface area contributed by atoms with Gasteiger partial charge in [0.1, 0.15) is 0 Å². The van der Waals surface area contributed by atoms with E-state index in [1.807, 2.05) is 12.1 Å². The fourth-order valence-corrected chi connectivity index (χ4v) is 2.53. The van der Waals surface area contributed by atoms with Gasteiger partial charge in [0, 0.05) is 31.1 Å². The Morgan fingerprint density at radius 3 is 2.55 bits per heavy atom. The molecule has 0 radical (unpaired) electrons. The average molecular weight is 412 g/mol. The molecule has 29 heavy (non-hydrogen) atoms. The summed E-state index contributed by atoms with van der Waals surface area (Å²) in [4.78, 5) is 16.3. The second-order valence-electron chi connectivity index (χ2n) is 6.16. The first-order valence-electron chi connectivity index (χ1n) is 8.94. The van der Waals surface area contributed by atoms with Gasteiger partial charge in [0.25, 0.3) is 0 Å². The van der Waals surface area contributed by atoms with Crippen LogP contribution in [0, 0.1) is 0 Å². The number of pyridine rings is 1. The van der Waals surface area contributed by atoms with E-state index in [0.717, 1.165) is 11.3 Å². The maximum absolute atomic E-state index is 12.3. The molecule has 1 amide bonds. The molecular formula is C20H23F3N2O4. The number of aromatic nitrogens is 1. The number of rotatable bonds is 10. The first kappa shape index (κ1) is 22.3. The molecule has 0 bridgehead atoms. The number of methoxy groups -OCH3 is 2. The molecule has 1 aromatic carbocycles. The van der Waals surface area contributed by atoms with Crippen LogP contribution < -0.4 is 19.5 Å². The van der Waals surface area contributed by atoms with Gasteiger partial charge in [0.05, 0.1) is 14.2 Å². The molecule has 0 saturated heterocycles. The number of hydrogen-bond acceptors (Lipinski definition) is 5. The van der Waals surface area contributed by atoms with E-state index in [4.69, 9.17) is 14.2 Å². The third kappa shape index (κ3) is 7.89. The molecule has 2 aromatic rings. The van der Waals surface area contributed by atoms with Gasteiger partial charge in [-0.1, -0.05) is 12.1 Å². The van der Waals surface area contributed by atoms with Crippen LogP contribution in [0.15, 0.2) is 36.4 Å². The number of nitrogens with zero attached hydrogens (tertiary/aromatic N) is 1. The third-order valence-electron chi connectivity index (χ3n) is 3.95. The molecule has 0 aliphatic rings. The van der Waals surface area contributed by atoms with Crippen LogP contribution in [0.2, 0.25) is 0 Å². The Morgan fingerprint density at radius 1 is 1.07 bits per heavy atom. The summed E-state index contributed by atoms with van der Waals surface area (Å²) in [6.45, 7) is -0.959. The van der Waals surface area contributed by atoms with Crippen molar-refractivity contribution in [1.29, 1.82) is 0 Å². The van der Waals surface area contributed by atoms with E-state index in [1.54, 1.807) is 18.2 Å². The van der Waals surface area contributed by atoms with Gasteiger partial charge < -0.3 is 19.5 Å². The van der Waals surface area contributed by atoms with Crippen molar-refractivity contribution < 1.29 is 32.2 Å². The highest BCUT2D eigenvalue weighted by Gasteiger charge is 2.29. The third-order valence-corrected chi connectivity index (χ3v) is 3.95. The molecule has 0 atom stereocenters. The molecule has 0 unspecified atom stereocenters. The number of halogens is 3. The lowest BCUT2D eigenvalue weighted by Gasteiger charge is -2.13. The minimum Gasteiger partial charge on any atom is -0.493 e. The zero-order valence-corrected chi connectivity index (χ0v) is 16.2. The topological polar surface area (TPSA) is 69.7 Å². The largest absolute Gasteiger partial charge is 0.493 e. The lowest BCUT2D eigenvalue weighted by Crippen LogP contribution is -2.26. The summed E-state index contributed by atoms with van der Waals surface area (Å²) in [6.07, 6.45) is -3.21. The van der Waals surface area contributed by atoms with E-state index in [1.165, 1.54) is 20.3 Å². The van der Waals surface area contributed by atoms with Crippen LogP contribution in [0.5, 0.6) is 17.4 Å². The fraction of sp³-hybridized carbons (Fsp3) is 0.400. The molecule has 0 saturated carbocycles. The first-order chi connectivity index (χ1) is 13.8. The monoisotopic (exact) mass is 412 g/mol. The number of nitrogens with one attached hydrogen (secondary N) is 1. The van der Waals surface area contributed by atoms with Crippen molar-refractivity contribution in [3.8, 4) is 17.4 Å². The highest BCUT2D eigenvalue weighted by Crippen LogP contribution is 2.30. The van der Waals surface area contributed by atoms with E-state index in [0.29, 0.717) is 25.3 Å². The Hall–Kier alpha value is -2.97. The van der Waals surface area contributed by atoms with Crippen molar-refractivity contribution in [2.75, 3.05) is 27.4 Å². The number of amides is 1. The van der Waals surface area contributed by atoms with Crippen molar-refractivity contribution in [2.45, 2.75) is 25.4 Å². The number of carbonyl (C=O) groups excluding carboxylic acids is 1. The van der Waals surface area contributed by atoms with Crippen LogP contribution in [-0.2, 0) is 17.6 Å². The lowest BCUT2D eigenvalue weighted by atomic mass is 10.1. The van der Waals surface area contributed by atoms with E-state index in [9.17, 15) is 18.0 Å². The Kier molecular flexibility index (Phi) is 8.11. The van der Waals surface area contributed by atoms with Crippen LogP contribution >= 0.6 is 0 Å². The Balaban J connectivity index is 1.80. The summed E-state index contributed by atoms with van der Waals surface area (Å²) in [5.74, 6) is 0.578. The van der Waals surface area contributed by atoms with Crippen molar-refractivity contribution in [3.05, 3.63) is 47.7 Å². The number of hydrogen-bond donors (Lipinski definition) is 1. The minimum atomic E-state index is -4.43. The van der Waals surface area contributed by atoms with Crippen LogP contribution in [0.3, 0.4) is 0 Å². The quantitative estimate of drug-likeness (QED) is 0.648. The molecule has 1 heterocycles. The van der Waals surface area contributed by atoms with Crippen LogP contribution in [0.4, 0.5) is 13.2 Å². The average Bonchev–Trinajstić information content (AvgIpc) is 2.70. The van der Waals surface area contributed by atoms with E-state index >= 15 is 0 Å². The summed E-state index contributed by atoms with van der Waals surface area (Å²) >= 11 is 0. The summed E-state index contributed by atoms with van der Waals surface area (Å²) in [6, 6.07) is 10.0. The fourth-order valence-electron chi connectivity index (χ4n) is 2.53. The van der Waals surface area contributed by atoms with Crippen molar-refractivity contribution in [2.24, 2.45) is 0 Å². The van der Waals surface area contributed by atoms with Crippen molar-refractivity contribution >= 4 is 5.91 Å². The first-order valence-corrected chi connectivity index (χ1v) is 8.94. The molecule has 6 nitrogen and oxygen atoms in total. The molecule has 0 spiro atoms. The molecule has 0 aliphatic carbocycles. The minimum absolute atomic E-state index is 0.00353. The van der Waals surface area contributed by atoms with Gasteiger partial charge >= 0.3 is 6.18 Å². The predicted molar refractivity (Wildman–Crippen MR) is 100 cm³/mol. The molecule has 0 aliphatic heterocycles. The van der Waals surface area contributed by atoms with Gasteiger partial charge in [-0.15, -0.1) is 0 Å². The SMILES string of the molecule is COc1cccc(CCNC(=O)CCc2ccc(OCC(F)(F)F)c(OC)c2)n1. The normalized spacial score (nSPS) is 11.1. The summed E-state index contributed by atoms with van der Waals surface area (Å²) < 4.78 is 51.8.